The molecule has 2 aliphatic heterocycles. The number of ketones is 1. The SMILES string of the molecule is CCOc1ccc([C@H]2/C(=C(\O)c3ccc(OC)cc3)C(=O)C(=O)N2CCCN2CCOCC2)cc1OCC. The maximum absolute atomic E-state index is 13.4. The number of carbonyl (C=O) groups excluding carboxylic acids is 2. The molecule has 0 aromatic heterocycles. The number of amides is 1. The predicted octanol–water partition coefficient (Wildman–Crippen LogP) is 3.64. The molecule has 0 bridgehead atoms. The van der Waals surface area contributed by atoms with Crippen LogP contribution in [0, 0.1) is 0 Å². The van der Waals surface area contributed by atoms with Crippen molar-refractivity contribution in [3.05, 3.63) is 59.2 Å². The number of Topliss-reactive ketones (excluding diaryl/α,β-unsaturated/α-hetero) is 1. The Hall–Kier alpha value is -3.56. The predicted molar refractivity (Wildman–Crippen MR) is 143 cm³/mol. The lowest BCUT2D eigenvalue weighted by Gasteiger charge is -2.29. The van der Waals surface area contributed by atoms with E-state index in [1.165, 1.54) is 0 Å². The molecule has 1 amide bonds. The third-order valence-corrected chi connectivity index (χ3v) is 6.76. The van der Waals surface area contributed by atoms with Crippen molar-refractivity contribution in [2.75, 3.05) is 59.7 Å². The molecule has 2 aliphatic rings. The van der Waals surface area contributed by atoms with Gasteiger partial charge in [0.15, 0.2) is 11.5 Å². The summed E-state index contributed by atoms with van der Waals surface area (Å²) in [5.41, 5.74) is 1.15. The highest BCUT2D eigenvalue weighted by Gasteiger charge is 2.46. The first-order chi connectivity index (χ1) is 18.5. The molecule has 4 rings (SSSR count). The minimum atomic E-state index is -0.767. The van der Waals surface area contributed by atoms with Gasteiger partial charge in [-0.2, -0.15) is 0 Å². The van der Waals surface area contributed by atoms with Gasteiger partial charge in [0.25, 0.3) is 11.7 Å². The molecular formula is C29H36N2O7. The zero-order valence-electron chi connectivity index (χ0n) is 22.3. The summed E-state index contributed by atoms with van der Waals surface area (Å²) in [5, 5.41) is 11.3. The van der Waals surface area contributed by atoms with Crippen molar-refractivity contribution in [1.82, 2.24) is 9.80 Å². The summed E-state index contributed by atoms with van der Waals surface area (Å²) in [6, 6.07) is 11.4. The van der Waals surface area contributed by atoms with E-state index in [0.29, 0.717) is 67.8 Å². The number of rotatable bonds is 11. The Morgan fingerprint density at radius 1 is 0.974 bits per heavy atom. The lowest BCUT2D eigenvalue weighted by Crippen LogP contribution is -2.39. The Kier molecular flexibility index (Phi) is 9.25. The standard InChI is InChI=1S/C29H36N2O7/c1-4-37-23-12-9-21(19-24(23)38-5-2)26-25(27(32)20-7-10-22(35-3)11-8-20)28(33)29(34)31(26)14-6-13-30-15-17-36-18-16-30/h7-12,19,26,32H,4-6,13-18H2,1-3H3/b27-25+/t26-/m0/s1. The molecule has 2 saturated heterocycles. The molecule has 2 fully saturated rings. The molecule has 38 heavy (non-hydrogen) atoms. The zero-order chi connectivity index (χ0) is 27.1. The summed E-state index contributed by atoms with van der Waals surface area (Å²) in [6.45, 7) is 8.88. The van der Waals surface area contributed by atoms with Gasteiger partial charge in [-0.25, -0.2) is 0 Å². The van der Waals surface area contributed by atoms with E-state index in [2.05, 4.69) is 4.90 Å². The van der Waals surface area contributed by atoms with E-state index >= 15 is 0 Å². The number of aliphatic hydroxyl groups is 1. The topological polar surface area (TPSA) is 97.8 Å². The Morgan fingerprint density at radius 3 is 2.32 bits per heavy atom. The van der Waals surface area contributed by atoms with E-state index in [1.54, 1.807) is 48.4 Å². The highest BCUT2D eigenvalue weighted by Crippen LogP contribution is 2.42. The maximum atomic E-state index is 13.4. The molecule has 1 N–H and O–H groups in total. The fourth-order valence-electron chi connectivity index (χ4n) is 4.89. The minimum absolute atomic E-state index is 0.0538. The number of morpholine rings is 1. The first-order valence-electron chi connectivity index (χ1n) is 13.1. The highest BCUT2D eigenvalue weighted by atomic mass is 16.5. The van der Waals surface area contributed by atoms with E-state index in [0.717, 1.165) is 19.6 Å². The third kappa shape index (κ3) is 5.95. The molecule has 0 radical (unpaired) electrons. The van der Waals surface area contributed by atoms with Crippen molar-refractivity contribution in [2.24, 2.45) is 0 Å². The van der Waals surface area contributed by atoms with E-state index in [4.69, 9.17) is 18.9 Å². The summed E-state index contributed by atoms with van der Waals surface area (Å²) >= 11 is 0. The van der Waals surface area contributed by atoms with Gasteiger partial charge in [-0.15, -0.1) is 0 Å². The van der Waals surface area contributed by atoms with Crippen LogP contribution in [0.2, 0.25) is 0 Å². The number of nitrogens with zero attached hydrogens (tertiary/aromatic N) is 2. The van der Waals surface area contributed by atoms with Crippen LogP contribution in [-0.4, -0.2) is 86.3 Å². The molecule has 204 valence electrons. The van der Waals surface area contributed by atoms with Gasteiger partial charge in [-0.05, 0) is 62.2 Å². The van der Waals surface area contributed by atoms with Crippen LogP contribution in [0.1, 0.15) is 37.4 Å². The Morgan fingerprint density at radius 2 is 1.66 bits per heavy atom. The van der Waals surface area contributed by atoms with Crippen LogP contribution in [-0.2, 0) is 14.3 Å². The van der Waals surface area contributed by atoms with Crippen molar-refractivity contribution in [3.8, 4) is 17.2 Å². The highest BCUT2D eigenvalue weighted by molar-refractivity contribution is 6.46. The lowest BCUT2D eigenvalue weighted by molar-refractivity contribution is -0.140. The van der Waals surface area contributed by atoms with Gasteiger partial charge < -0.3 is 29.0 Å². The van der Waals surface area contributed by atoms with Gasteiger partial charge in [0.2, 0.25) is 0 Å². The normalized spacial score (nSPS) is 19.6. The van der Waals surface area contributed by atoms with Crippen LogP contribution in [0.5, 0.6) is 17.2 Å². The van der Waals surface area contributed by atoms with Crippen LogP contribution in [0.3, 0.4) is 0 Å². The lowest BCUT2D eigenvalue weighted by atomic mass is 9.95. The Bertz CT molecular complexity index is 1160. The molecule has 9 nitrogen and oxygen atoms in total. The summed E-state index contributed by atoms with van der Waals surface area (Å²) in [6.07, 6.45) is 0.682. The van der Waals surface area contributed by atoms with Crippen LogP contribution in [0.4, 0.5) is 0 Å². The van der Waals surface area contributed by atoms with E-state index in [1.807, 2.05) is 19.9 Å². The van der Waals surface area contributed by atoms with Gasteiger partial charge in [-0.1, -0.05) is 6.07 Å². The number of hydrogen-bond acceptors (Lipinski definition) is 8. The van der Waals surface area contributed by atoms with Crippen molar-refractivity contribution < 1.29 is 33.6 Å². The fourth-order valence-corrected chi connectivity index (χ4v) is 4.89. The van der Waals surface area contributed by atoms with Crippen molar-refractivity contribution >= 4 is 17.4 Å². The number of hydrogen-bond donors (Lipinski definition) is 1. The second kappa shape index (κ2) is 12.8. The maximum Gasteiger partial charge on any atom is 0.295 e. The molecule has 0 spiro atoms. The van der Waals surface area contributed by atoms with E-state index in [-0.39, 0.29) is 11.3 Å². The number of carbonyl (C=O) groups is 2. The van der Waals surface area contributed by atoms with Crippen LogP contribution >= 0.6 is 0 Å². The average Bonchev–Trinajstić information content (AvgIpc) is 3.19. The second-order valence-corrected chi connectivity index (χ2v) is 9.10. The zero-order valence-corrected chi connectivity index (χ0v) is 22.3. The summed E-state index contributed by atoms with van der Waals surface area (Å²) in [4.78, 5) is 30.5. The molecule has 2 heterocycles. The summed E-state index contributed by atoms with van der Waals surface area (Å²) < 4.78 is 22.2. The monoisotopic (exact) mass is 524 g/mol. The third-order valence-electron chi connectivity index (χ3n) is 6.76. The second-order valence-electron chi connectivity index (χ2n) is 9.10. The Balaban J connectivity index is 1.72. The van der Waals surface area contributed by atoms with Gasteiger partial charge >= 0.3 is 0 Å². The van der Waals surface area contributed by atoms with Gasteiger partial charge in [0.1, 0.15) is 11.5 Å². The van der Waals surface area contributed by atoms with Gasteiger partial charge in [-0.3, -0.25) is 14.5 Å². The number of likely N-dealkylation sites (tertiary alicyclic amines) is 1. The molecule has 0 aliphatic carbocycles. The first-order valence-corrected chi connectivity index (χ1v) is 13.1. The van der Waals surface area contributed by atoms with Crippen LogP contribution < -0.4 is 14.2 Å². The quantitative estimate of drug-likeness (QED) is 0.270. The molecule has 1 atom stereocenters. The largest absolute Gasteiger partial charge is 0.507 e. The number of benzene rings is 2. The minimum Gasteiger partial charge on any atom is -0.507 e. The number of methoxy groups -OCH3 is 1. The molecule has 9 heteroatoms. The molecule has 0 unspecified atom stereocenters. The Labute approximate surface area is 223 Å². The molecule has 0 saturated carbocycles. The van der Waals surface area contributed by atoms with Crippen molar-refractivity contribution in [3.63, 3.8) is 0 Å². The summed E-state index contributed by atoms with van der Waals surface area (Å²) in [5.74, 6) is 0.168. The average molecular weight is 525 g/mol. The van der Waals surface area contributed by atoms with Gasteiger partial charge in [0, 0.05) is 31.7 Å². The van der Waals surface area contributed by atoms with E-state index in [9.17, 15) is 14.7 Å². The van der Waals surface area contributed by atoms with Crippen LogP contribution in [0.15, 0.2) is 48.0 Å². The van der Waals surface area contributed by atoms with Crippen molar-refractivity contribution in [1.29, 1.82) is 0 Å². The van der Waals surface area contributed by atoms with Gasteiger partial charge in [0.05, 0.1) is 45.2 Å². The van der Waals surface area contributed by atoms with Crippen LogP contribution in [0.25, 0.3) is 5.76 Å². The smallest absolute Gasteiger partial charge is 0.295 e. The fraction of sp³-hybridized carbons (Fsp3) is 0.448. The number of ether oxygens (including phenoxy) is 4. The first kappa shape index (κ1) is 27.5. The molecule has 2 aromatic rings. The van der Waals surface area contributed by atoms with E-state index < -0.39 is 17.7 Å². The summed E-state index contributed by atoms with van der Waals surface area (Å²) in [7, 11) is 1.55. The number of aliphatic hydroxyl groups excluding tert-OH is 1. The van der Waals surface area contributed by atoms with Crippen molar-refractivity contribution in [2.45, 2.75) is 26.3 Å². The molecule has 2 aromatic carbocycles. The molecular weight excluding hydrogens is 488 g/mol.